The van der Waals surface area contributed by atoms with Crippen molar-refractivity contribution in [3.05, 3.63) is 24.5 Å². The average molecular weight is 333 g/mol. The summed E-state index contributed by atoms with van der Waals surface area (Å²) in [7, 11) is 0. The number of nitrogens with zero attached hydrogens (tertiary/aromatic N) is 4. The third-order valence-electron chi connectivity index (χ3n) is 3.67. The summed E-state index contributed by atoms with van der Waals surface area (Å²) in [5, 5.41) is 12.3. The molecule has 0 aliphatic rings. The Morgan fingerprint density at radius 2 is 1.96 bits per heavy atom. The van der Waals surface area contributed by atoms with E-state index in [1.165, 1.54) is 11.8 Å². The highest BCUT2D eigenvalue weighted by atomic mass is 32.2. The van der Waals surface area contributed by atoms with Crippen LogP contribution in [0, 0.1) is 0 Å². The van der Waals surface area contributed by atoms with Crippen molar-refractivity contribution < 1.29 is 4.79 Å². The van der Waals surface area contributed by atoms with Gasteiger partial charge in [-0.05, 0) is 39.3 Å². The summed E-state index contributed by atoms with van der Waals surface area (Å²) in [6.45, 7) is 8.88. The molecular formula is C16H23N5OS. The molecule has 1 N–H and O–H groups in total. The zero-order valence-electron chi connectivity index (χ0n) is 14.0. The predicted molar refractivity (Wildman–Crippen MR) is 92.2 cm³/mol. The molecule has 0 aromatic carbocycles. The van der Waals surface area contributed by atoms with E-state index in [-0.39, 0.29) is 11.4 Å². The van der Waals surface area contributed by atoms with Gasteiger partial charge >= 0.3 is 0 Å². The fourth-order valence-electron chi connectivity index (χ4n) is 2.03. The summed E-state index contributed by atoms with van der Waals surface area (Å²) >= 11 is 1.41. The zero-order chi connectivity index (χ0) is 16.9. The van der Waals surface area contributed by atoms with Crippen LogP contribution in [0.4, 0.5) is 0 Å². The van der Waals surface area contributed by atoms with Crippen LogP contribution in [-0.2, 0) is 11.3 Å². The maximum absolute atomic E-state index is 12.1. The molecular weight excluding hydrogens is 310 g/mol. The first-order chi connectivity index (χ1) is 11.0. The second-order valence-corrected chi connectivity index (χ2v) is 6.80. The van der Waals surface area contributed by atoms with E-state index in [2.05, 4.69) is 27.4 Å². The van der Waals surface area contributed by atoms with E-state index in [4.69, 9.17) is 0 Å². The number of hydrogen-bond donors (Lipinski definition) is 1. The van der Waals surface area contributed by atoms with Gasteiger partial charge in [0.25, 0.3) is 0 Å². The Kier molecular flexibility index (Phi) is 5.76. The Balaban J connectivity index is 2.07. The van der Waals surface area contributed by atoms with Gasteiger partial charge in [0.1, 0.15) is 0 Å². The predicted octanol–water partition coefficient (Wildman–Crippen LogP) is 2.76. The lowest BCUT2D eigenvalue weighted by atomic mass is 10.0. The molecule has 23 heavy (non-hydrogen) atoms. The molecule has 0 radical (unpaired) electrons. The van der Waals surface area contributed by atoms with Crippen LogP contribution in [0.1, 0.15) is 34.1 Å². The molecule has 0 bridgehead atoms. The third-order valence-corrected chi connectivity index (χ3v) is 4.63. The highest BCUT2D eigenvalue weighted by Gasteiger charge is 2.19. The fraction of sp³-hybridized carbons (Fsp3) is 0.500. The Hall–Kier alpha value is -1.89. The first kappa shape index (κ1) is 17.5. The molecule has 1 amide bonds. The van der Waals surface area contributed by atoms with Gasteiger partial charge in [-0.15, -0.1) is 10.2 Å². The van der Waals surface area contributed by atoms with E-state index < -0.39 is 0 Å². The number of carbonyl (C=O) groups excluding carboxylic acids is 1. The van der Waals surface area contributed by atoms with Crippen LogP contribution in [0.5, 0.6) is 0 Å². The Morgan fingerprint density at radius 1 is 1.26 bits per heavy atom. The lowest BCUT2D eigenvalue weighted by molar-refractivity contribution is -0.120. The van der Waals surface area contributed by atoms with E-state index >= 15 is 0 Å². The Labute approximate surface area is 141 Å². The van der Waals surface area contributed by atoms with Crippen LogP contribution < -0.4 is 5.32 Å². The number of aromatic nitrogens is 4. The number of hydrogen-bond acceptors (Lipinski definition) is 5. The first-order valence-electron chi connectivity index (χ1n) is 7.74. The van der Waals surface area contributed by atoms with Crippen molar-refractivity contribution in [2.24, 2.45) is 0 Å². The van der Waals surface area contributed by atoms with Crippen molar-refractivity contribution in [2.75, 3.05) is 5.75 Å². The molecule has 0 aliphatic carbocycles. The third kappa shape index (κ3) is 4.54. The van der Waals surface area contributed by atoms with Crippen molar-refractivity contribution in [1.29, 1.82) is 0 Å². The van der Waals surface area contributed by atoms with Crippen molar-refractivity contribution >= 4 is 17.7 Å². The van der Waals surface area contributed by atoms with Gasteiger partial charge in [0.2, 0.25) is 5.91 Å². The molecule has 124 valence electrons. The number of thioether (sulfide) groups is 1. The van der Waals surface area contributed by atoms with E-state index in [1.807, 2.05) is 37.5 Å². The molecule has 0 fully saturated rings. The second-order valence-electron chi connectivity index (χ2n) is 5.86. The summed E-state index contributed by atoms with van der Waals surface area (Å²) in [4.78, 5) is 16.1. The van der Waals surface area contributed by atoms with Crippen LogP contribution in [-0.4, -0.2) is 36.9 Å². The molecule has 2 aromatic rings. The molecule has 0 saturated heterocycles. The van der Waals surface area contributed by atoms with Gasteiger partial charge in [-0.2, -0.15) is 0 Å². The molecule has 0 saturated carbocycles. The van der Waals surface area contributed by atoms with E-state index in [1.54, 1.807) is 12.4 Å². The normalized spacial score (nSPS) is 11.5. The molecule has 2 heterocycles. The largest absolute Gasteiger partial charge is 0.351 e. The van der Waals surface area contributed by atoms with E-state index in [0.717, 1.165) is 29.5 Å². The molecule has 6 nitrogen and oxygen atoms in total. The minimum Gasteiger partial charge on any atom is -0.351 e. The number of rotatable bonds is 7. The second kappa shape index (κ2) is 7.59. The molecule has 2 rings (SSSR count). The number of carbonyl (C=O) groups is 1. The van der Waals surface area contributed by atoms with Gasteiger partial charge in [0.05, 0.1) is 5.75 Å². The van der Waals surface area contributed by atoms with E-state index in [0.29, 0.717) is 5.75 Å². The molecule has 7 heteroatoms. The minimum atomic E-state index is -0.182. The topological polar surface area (TPSA) is 72.7 Å². The van der Waals surface area contributed by atoms with Crippen molar-refractivity contribution in [1.82, 2.24) is 25.1 Å². The Bertz CT molecular complexity index is 654. The lowest BCUT2D eigenvalue weighted by Gasteiger charge is -2.24. The summed E-state index contributed by atoms with van der Waals surface area (Å²) in [5.74, 6) is 1.14. The van der Waals surface area contributed by atoms with Crippen LogP contribution in [0.15, 0.2) is 29.7 Å². The molecule has 0 unspecified atom stereocenters. The minimum absolute atomic E-state index is 0.0120. The Morgan fingerprint density at radius 3 is 2.57 bits per heavy atom. The zero-order valence-corrected chi connectivity index (χ0v) is 14.9. The van der Waals surface area contributed by atoms with Crippen molar-refractivity contribution in [3.63, 3.8) is 0 Å². The van der Waals surface area contributed by atoms with Gasteiger partial charge in [0.15, 0.2) is 11.0 Å². The smallest absolute Gasteiger partial charge is 0.230 e. The quantitative estimate of drug-likeness (QED) is 0.789. The summed E-state index contributed by atoms with van der Waals surface area (Å²) in [5.41, 5.74) is 0.788. The van der Waals surface area contributed by atoms with Gasteiger partial charge in [-0.1, -0.05) is 18.7 Å². The number of amides is 1. The van der Waals surface area contributed by atoms with Crippen LogP contribution in [0.2, 0.25) is 0 Å². The van der Waals surface area contributed by atoms with Crippen molar-refractivity contribution in [3.8, 4) is 11.4 Å². The summed E-state index contributed by atoms with van der Waals surface area (Å²) in [6, 6.07) is 3.81. The van der Waals surface area contributed by atoms with Gasteiger partial charge in [-0.25, -0.2) is 0 Å². The van der Waals surface area contributed by atoms with Gasteiger partial charge in [-0.3, -0.25) is 9.78 Å². The molecule has 0 spiro atoms. The van der Waals surface area contributed by atoms with Gasteiger partial charge in [0, 0.05) is 30.0 Å². The van der Waals surface area contributed by atoms with Crippen LogP contribution >= 0.6 is 11.8 Å². The molecule has 0 aliphatic heterocycles. The SMILES string of the molecule is CCn1c(SCC(=O)NC(C)(C)CC)nnc1-c1ccncc1. The first-order valence-corrected chi connectivity index (χ1v) is 8.72. The fourth-order valence-corrected chi connectivity index (χ4v) is 2.83. The summed E-state index contributed by atoms with van der Waals surface area (Å²) < 4.78 is 2.01. The lowest BCUT2D eigenvalue weighted by Crippen LogP contribution is -2.43. The van der Waals surface area contributed by atoms with Crippen molar-refractivity contribution in [2.45, 2.75) is 51.4 Å². The van der Waals surface area contributed by atoms with Crippen LogP contribution in [0.3, 0.4) is 0 Å². The molecule has 0 atom stereocenters. The highest BCUT2D eigenvalue weighted by molar-refractivity contribution is 7.99. The number of pyridine rings is 1. The monoisotopic (exact) mass is 333 g/mol. The van der Waals surface area contributed by atoms with Gasteiger partial charge < -0.3 is 9.88 Å². The average Bonchev–Trinajstić information content (AvgIpc) is 2.96. The van der Waals surface area contributed by atoms with Crippen LogP contribution in [0.25, 0.3) is 11.4 Å². The molecule has 2 aromatic heterocycles. The maximum Gasteiger partial charge on any atom is 0.230 e. The number of nitrogens with one attached hydrogen (secondary N) is 1. The standard InChI is InChI=1S/C16H23N5OS/c1-5-16(3,4)18-13(22)11-23-15-20-19-14(21(15)6-2)12-7-9-17-10-8-12/h7-10H,5-6,11H2,1-4H3,(H,18,22). The highest BCUT2D eigenvalue weighted by Crippen LogP contribution is 2.23. The maximum atomic E-state index is 12.1. The summed E-state index contributed by atoms with van der Waals surface area (Å²) in [6.07, 6.45) is 4.36. The van der Waals surface area contributed by atoms with E-state index in [9.17, 15) is 4.79 Å².